The second-order valence-electron chi connectivity index (χ2n) is 3.06. The van der Waals surface area contributed by atoms with Crippen molar-refractivity contribution in [1.82, 2.24) is 0 Å². The second kappa shape index (κ2) is 6.20. The van der Waals surface area contributed by atoms with E-state index in [9.17, 15) is 14.4 Å². The van der Waals surface area contributed by atoms with Crippen LogP contribution in [0, 0.1) is 0 Å². The Morgan fingerprint density at radius 3 is 2.33 bits per heavy atom. The van der Waals surface area contributed by atoms with E-state index in [0.29, 0.717) is 0 Å². The fourth-order valence-corrected chi connectivity index (χ4v) is 1.35. The molecule has 7 heteroatoms. The van der Waals surface area contributed by atoms with Gasteiger partial charge in [-0.1, -0.05) is 11.6 Å². The Bertz CT molecular complexity index is 519. The van der Waals surface area contributed by atoms with Gasteiger partial charge < -0.3 is 13.9 Å². The first kappa shape index (κ1) is 14.2. The summed E-state index contributed by atoms with van der Waals surface area (Å²) >= 11 is 5.66. The Balaban J connectivity index is 3.17. The molecule has 0 amide bonds. The number of carbonyl (C=O) groups is 2. The molecule has 0 aliphatic carbocycles. The summed E-state index contributed by atoms with van der Waals surface area (Å²) in [5.74, 6) is -2.16. The molecule has 0 aliphatic heterocycles. The number of esters is 2. The van der Waals surface area contributed by atoms with Crippen molar-refractivity contribution < 1.29 is 23.5 Å². The standard InChI is InChI=1S/C11H11ClO6/c1-3-16-10(14)6-5-18-9(7(12)8(6)13)11(15)17-4-2/h5H,3-4H2,1-2H3. The van der Waals surface area contributed by atoms with Crippen LogP contribution in [-0.2, 0) is 9.47 Å². The van der Waals surface area contributed by atoms with Crippen LogP contribution < -0.4 is 5.43 Å². The molecule has 1 heterocycles. The van der Waals surface area contributed by atoms with E-state index in [1.54, 1.807) is 13.8 Å². The van der Waals surface area contributed by atoms with Gasteiger partial charge in [0.2, 0.25) is 11.2 Å². The molecule has 0 aliphatic rings. The highest BCUT2D eigenvalue weighted by molar-refractivity contribution is 6.33. The lowest BCUT2D eigenvalue weighted by Gasteiger charge is -2.04. The van der Waals surface area contributed by atoms with Crippen LogP contribution in [0.4, 0.5) is 0 Å². The summed E-state index contributed by atoms with van der Waals surface area (Å²) in [7, 11) is 0. The maximum Gasteiger partial charge on any atom is 0.375 e. The summed E-state index contributed by atoms with van der Waals surface area (Å²) in [6, 6.07) is 0. The molecule has 0 N–H and O–H groups in total. The summed E-state index contributed by atoms with van der Waals surface area (Å²) < 4.78 is 14.1. The van der Waals surface area contributed by atoms with Gasteiger partial charge in [-0.25, -0.2) is 9.59 Å². The van der Waals surface area contributed by atoms with E-state index in [1.807, 2.05) is 0 Å². The van der Waals surface area contributed by atoms with Crippen molar-refractivity contribution in [2.45, 2.75) is 13.8 Å². The summed E-state index contributed by atoms with van der Waals surface area (Å²) in [6.45, 7) is 3.40. The molecule has 0 saturated carbocycles. The molecule has 6 nitrogen and oxygen atoms in total. The first-order chi connectivity index (χ1) is 8.52. The van der Waals surface area contributed by atoms with Crippen LogP contribution in [0.1, 0.15) is 34.8 Å². The second-order valence-corrected chi connectivity index (χ2v) is 3.44. The lowest BCUT2D eigenvalue weighted by molar-refractivity contribution is 0.0473. The Labute approximate surface area is 107 Å². The van der Waals surface area contributed by atoms with Crippen LogP contribution in [-0.4, -0.2) is 25.2 Å². The molecule has 1 rings (SSSR count). The largest absolute Gasteiger partial charge is 0.462 e. The highest BCUT2D eigenvalue weighted by Gasteiger charge is 2.23. The Morgan fingerprint density at radius 1 is 1.22 bits per heavy atom. The smallest absolute Gasteiger partial charge is 0.375 e. The molecule has 0 bridgehead atoms. The average Bonchev–Trinajstić information content (AvgIpc) is 2.33. The lowest BCUT2D eigenvalue weighted by Crippen LogP contribution is -2.20. The van der Waals surface area contributed by atoms with Gasteiger partial charge >= 0.3 is 11.9 Å². The van der Waals surface area contributed by atoms with Crippen molar-refractivity contribution in [3.05, 3.63) is 32.8 Å². The lowest BCUT2D eigenvalue weighted by atomic mass is 10.2. The summed E-state index contributed by atoms with van der Waals surface area (Å²) in [4.78, 5) is 34.5. The fourth-order valence-electron chi connectivity index (χ4n) is 1.13. The van der Waals surface area contributed by atoms with Crippen LogP contribution >= 0.6 is 11.6 Å². The number of halogens is 1. The molecule has 0 unspecified atom stereocenters. The zero-order chi connectivity index (χ0) is 13.7. The van der Waals surface area contributed by atoms with Crippen LogP contribution in [0.5, 0.6) is 0 Å². The minimum absolute atomic E-state index is 0.107. The molecule has 1 aromatic rings. The summed E-state index contributed by atoms with van der Waals surface area (Å²) in [5.41, 5.74) is -1.20. The van der Waals surface area contributed by atoms with Crippen LogP contribution in [0.2, 0.25) is 5.02 Å². The molecule has 0 fully saturated rings. The minimum atomic E-state index is -0.866. The minimum Gasteiger partial charge on any atom is -0.462 e. The molecule has 0 spiro atoms. The van der Waals surface area contributed by atoms with Crippen LogP contribution in [0.3, 0.4) is 0 Å². The molecule has 1 aromatic heterocycles. The van der Waals surface area contributed by atoms with Gasteiger partial charge in [-0.05, 0) is 13.8 Å². The van der Waals surface area contributed by atoms with Crippen LogP contribution in [0.25, 0.3) is 0 Å². The number of carbonyl (C=O) groups excluding carboxylic acids is 2. The van der Waals surface area contributed by atoms with Gasteiger partial charge in [-0.15, -0.1) is 0 Å². The third kappa shape index (κ3) is 2.89. The fraction of sp³-hybridized carbons (Fsp3) is 0.364. The van der Waals surface area contributed by atoms with Gasteiger partial charge in [-0.2, -0.15) is 0 Å². The van der Waals surface area contributed by atoms with Gasteiger partial charge in [0.15, 0.2) is 0 Å². The van der Waals surface area contributed by atoms with E-state index in [0.717, 1.165) is 6.26 Å². The predicted molar refractivity (Wildman–Crippen MR) is 61.9 cm³/mol. The number of rotatable bonds is 4. The molecule has 0 aromatic carbocycles. The van der Waals surface area contributed by atoms with Crippen molar-refractivity contribution in [3.8, 4) is 0 Å². The van der Waals surface area contributed by atoms with E-state index in [-0.39, 0.29) is 18.8 Å². The van der Waals surface area contributed by atoms with Gasteiger partial charge in [0.05, 0.1) is 13.2 Å². The third-order valence-electron chi connectivity index (χ3n) is 1.89. The maximum absolute atomic E-state index is 11.7. The van der Waals surface area contributed by atoms with E-state index < -0.39 is 28.2 Å². The topological polar surface area (TPSA) is 82.8 Å². The molecule has 0 radical (unpaired) electrons. The van der Waals surface area contributed by atoms with Gasteiger partial charge in [-0.3, -0.25) is 4.79 Å². The zero-order valence-corrected chi connectivity index (χ0v) is 10.6. The Kier molecular flexibility index (Phi) is 4.91. The Hall–Kier alpha value is -1.82. The van der Waals surface area contributed by atoms with Gasteiger partial charge in [0, 0.05) is 0 Å². The predicted octanol–water partition coefficient (Wildman–Crippen LogP) is 1.65. The van der Waals surface area contributed by atoms with E-state index in [1.165, 1.54) is 0 Å². The van der Waals surface area contributed by atoms with Gasteiger partial charge in [0.1, 0.15) is 16.8 Å². The number of ether oxygens (including phenoxy) is 2. The molecule has 18 heavy (non-hydrogen) atoms. The van der Waals surface area contributed by atoms with Crippen molar-refractivity contribution in [2.24, 2.45) is 0 Å². The third-order valence-corrected chi connectivity index (χ3v) is 2.24. The highest BCUT2D eigenvalue weighted by atomic mass is 35.5. The number of hydrogen-bond acceptors (Lipinski definition) is 6. The van der Waals surface area contributed by atoms with Gasteiger partial charge in [0.25, 0.3) is 0 Å². The van der Waals surface area contributed by atoms with Crippen molar-refractivity contribution in [1.29, 1.82) is 0 Å². The molecular weight excluding hydrogens is 264 g/mol. The first-order valence-corrected chi connectivity index (χ1v) is 5.56. The van der Waals surface area contributed by atoms with Crippen molar-refractivity contribution in [3.63, 3.8) is 0 Å². The Morgan fingerprint density at radius 2 is 1.78 bits per heavy atom. The average molecular weight is 275 g/mol. The molecule has 98 valence electrons. The summed E-state index contributed by atoms with van der Waals surface area (Å²) in [6.07, 6.45) is 0.832. The van der Waals surface area contributed by atoms with E-state index >= 15 is 0 Å². The highest BCUT2D eigenvalue weighted by Crippen LogP contribution is 2.14. The first-order valence-electron chi connectivity index (χ1n) is 5.18. The van der Waals surface area contributed by atoms with Crippen LogP contribution in [0.15, 0.2) is 15.5 Å². The molecule has 0 atom stereocenters. The van der Waals surface area contributed by atoms with Crippen molar-refractivity contribution >= 4 is 23.5 Å². The normalized spacial score (nSPS) is 9.94. The summed E-state index contributed by atoms with van der Waals surface area (Å²) in [5, 5.41) is -0.501. The quantitative estimate of drug-likeness (QED) is 0.776. The molecule has 0 saturated heterocycles. The monoisotopic (exact) mass is 274 g/mol. The SMILES string of the molecule is CCOC(=O)c1occ(C(=O)OCC)c(=O)c1Cl. The number of hydrogen-bond donors (Lipinski definition) is 0. The van der Waals surface area contributed by atoms with Crippen molar-refractivity contribution in [2.75, 3.05) is 13.2 Å². The van der Waals surface area contributed by atoms with E-state index in [2.05, 4.69) is 9.47 Å². The maximum atomic E-state index is 11.7. The van der Waals surface area contributed by atoms with E-state index in [4.69, 9.17) is 16.0 Å². The zero-order valence-electron chi connectivity index (χ0n) is 9.82. The molecular formula is C11H11ClO6.